The van der Waals surface area contributed by atoms with Gasteiger partial charge in [0.2, 0.25) is 0 Å². The zero-order chi connectivity index (χ0) is 14.5. The van der Waals surface area contributed by atoms with Crippen LogP contribution in [0.3, 0.4) is 0 Å². The molecular weight excluding hydrogens is 351 g/mol. The average molecular weight is 367 g/mol. The molecule has 0 saturated heterocycles. The molecule has 0 saturated carbocycles. The first-order valence-electron chi connectivity index (χ1n) is 5.20. The summed E-state index contributed by atoms with van der Waals surface area (Å²) in [5.74, 6) is -2.67. The first kappa shape index (κ1) is 16.9. The van der Waals surface area contributed by atoms with Gasteiger partial charge < -0.3 is 0 Å². The van der Waals surface area contributed by atoms with E-state index in [0.29, 0.717) is 0 Å². The van der Waals surface area contributed by atoms with Gasteiger partial charge in [0.15, 0.2) is 0 Å². The van der Waals surface area contributed by atoms with Gasteiger partial charge in [-0.3, -0.25) is 0 Å². The maximum atomic E-state index is 11.4. The molecule has 0 aliphatic carbocycles. The van der Waals surface area contributed by atoms with Crippen LogP contribution < -0.4 is 0 Å². The van der Waals surface area contributed by atoms with Crippen LogP contribution in [0.2, 0.25) is 3.93 Å². The van der Waals surface area contributed by atoms with E-state index in [1.807, 2.05) is 0 Å². The number of hydrogen-bond donors (Lipinski definition) is 0. The Bertz CT molecular complexity index is 336. The number of Topliss-reactive ketones (excluding diaryl/α,β-unsaturated/α-hetero) is 1. The van der Waals surface area contributed by atoms with E-state index in [2.05, 4.69) is 0 Å². The molecule has 0 N–H and O–H groups in total. The van der Waals surface area contributed by atoms with Gasteiger partial charge in [-0.15, -0.1) is 0 Å². The minimum atomic E-state index is -4.92. The average Bonchev–Trinajstić information content (AvgIpc) is 2.12. The molecule has 1 unspecified atom stereocenters. The number of hydrogen-bond acceptors (Lipinski definition) is 7. The summed E-state index contributed by atoms with van der Waals surface area (Å²) in [6, 6.07) is 0. The van der Waals surface area contributed by atoms with Gasteiger partial charge in [0, 0.05) is 0 Å². The zero-order valence-corrected chi connectivity index (χ0v) is 13.8. The molecule has 0 spiro atoms. The molecule has 7 nitrogen and oxygen atoms in total. The van der Waals surface area contributed by atoms with Crippen molar-refractivity contribution in [3.05, 3.63) is 0 Å². The van der Waals surface area contributed by atoms with Gasteiger partial charge in [-0.05, 0) is 0 Å². The summed E-state index contributed by atoms with van der Waals surface area (Å²) in [5.41, 5.74) is 0. The van der Waals surface area contributed by atoms with Gasteiger partial charge >= 0.3 is 110 Å². The molecule has 8 heteroatoms. The molecule has 0 rings (SSSR count). The van der Waals surface area contributed by atoms with Crippen LogP contribution in [-0.4, -0.2) is 43.3 Å². The van der Waals surface area contributed by atoms with E-state index in [9.17, 15) is 19.2 Å². The summed E-state index contributed by atoms with van der Waals surface area (Å²) in [5, 5.41) is 0. The van der Waals surface area contributed by atoms with Gasteiger partial charge in [-0.2, -0.15) is 0 Å². The Morgan fingerprint density at radius 3 is 1.22 bits per heavy atom. The van der Waals surface area contributed by atoms with E-state index in [1.165, 1.54) is 13.8 Å². The van der Waals surface area contributed by atoms with Crippen LogP contribution in [0.1, 0.15) is 34.6 Å². The van der Waals surface area contributed by atoms with E-state index in [0.717, 1.165) is 20.8 Å². The molecule has 0 aliphatic heterocycles. The van der Waals surface area contributed by atoms with Gasteiger partial charge in [-0.1, -0.05) is 0 Å². The van der Waals surface area contributed by atoms with Gasteiger partial charge in [0.1, 0.15) is 0 Å². The number of carbonyl (C=O) groups excluding carboxylic acids is 4. The van der Waals surface area contributed by atoms with E-state index < -0.39 is 41.5 Å². The summed E-state index contributed by atoms with van der Waals surface area (Å²) >= 11 is -4.92. The SMILES string of the molecule is CC(=O)[O][Sn]([O]C(C)=O)([O]C(C)=O)[CH](C)C(C)=O. The number of carbonyl (C=O) groups is 4. The Morgan fingerprint density at radius 1 is 0.778 bits per heavy atom. The summed E-state index contributed by atoms with van der Waals surface area (Å²) in [7, 11) is 0. The van der Waals surface area contributed by atoms with Crippen LogP contribution >= 0.6 is 0 Å². The Kier molecular flexibility index (Phi) is 6.30. The minimum absolute atomic E-state index is 0.380. The van der Waals surface area contributed by atoms with E-state index in [1.54, 1.807) is 0 Å². The molecule has 0 aromatic rings. The van der Waals surface area contributed by atoms with Crippen LogP contribution in [0.4, 0.5) is 0 Å². The summed E-state index contributed by atoms with van der Waals surface area (Å²) in [6.07, 6.45) is 0. The van der Waals surface area contributed by atoms with E-state index >= 15 is 0 Å². The first-order chi connectivity index (χ1) is 8.10. The number of ketones is 1. The monoisotopic (exact) mass is 368 g/mol. The molecule has 0 amide bonds. The standard InChI is InChI=1S/C4H7O.3C2H4O2.Sn/c1-3-4(2)5;3*1-2(3)4;/h3H,1-2H3;3*1H3,(H,3,4);/q;;;;+3/p-3. The summed E-state index contributed by atoms with van der Waals surface area (Å²) in [4.78, 5) is 44.7. The molecule has 0 aromatic carbocycles. The van der Waals surface area contributed by atoms with Crippen molar-refractivity contribution in [3.8, 4) is 0 Å². The molecule has 0 aliphatic rings. The second kappa shape index (κ2) is 6.72. The van der Waals surface area contributed by atoms with Crippen LogP contribution in [0.5, 0.6) is 0 Å². The predicted octanol–water partition coefficient (Wildman–Crippen LogP) is 0.594. The van der Waals surface area contributed by atoms with Crippen LogP contribution in [0.15, 0.2) is 0 Å². The number of rotatable bonds is 5. The Morgan fingerprint density at radius 2 is 1.06 bits per heavy atom. The van der Waals surface area contributed by atoms with Crippen molar-refractivity contribution in [3.63, 3.8) is 0 Å². The predicted molar refractivity (Wildman–Crippen MR) is 61.2 cm³/mol. The van der Waals surface area contributed by atoms with Gasteiger partial charge in [-0.25, -0.2) is 0 Å². The molecule has 0 bridgehead atoms. The Balaban J connectivity index is 5.50. The second-order valence-electron chi connectivity index (χ2n) is 3.72. The van der Waals surface area contributed by atoms with Crippen LogP contribution in [0, 0.1) is 0 Å². The van der Waals surface area contributed by atoms with E-state index in [4.69, 9.17) is 9.22 Å². The Hall–Kier alpha value is -1.12. The van der Waals surface area contributed by atoms with Crippen molar-refractivity contribution in [2.45, 2.75) is 38.6 Å². The molecular formula is C10H16O7Sn. The molecule has 102 valence electrons. The van der Waals surface area contributed by atoms with Crippen molar-refractivity contribution < 1.29 is 28.4 Å². The van der Waals surface area contributed by atoms with Crippen molar-refractivity contribution >= 4 is 43.3 Å². The third-order valence-corrected chi connectivity index (χ3v) is 11.1. The first-order valence-corrected chi connectivity index (χ1v) is 10.3. The fourth-order valence-corrected chi connectivity index (χ4v) is 7.90. The van der Waals surface area contributed by atoms with Crippen molar-refractivity contribution in [1.82, 2.24) is 0 Å². The van der Waals surface area contributed by atoms with Gasteiger partial charge in [0.25, 0.3) is 0 Å². The molecule has 1 atom stereocenters. The topological polar surface area (TPSA) is 96.0 Å². The molecule has 0 aromatic heterocycles. The summed E-state index contributed by atoms with van der Waals surface area (Å²) in [6.45, 7) is 5.92. The van der Waals surface area contributed by atoms with E-state index in [-0.39, 0.29) is 5.78 Å². The maximum absolute atomic E-state index is 11.4. The molecule has 0 heterocycles. The quantitative estimate of drug-likeness (QED) is 0.657. The van der Waals surface area contributed by atoms with Crippen LogP contribution in [-0.2, 0) is 28.4 Å². The van der Waals surface area contributed by atoms with Gasteiger partial charge in [0.05, 0.1) is 0 Å². The third-order valence-electron chi connectivity index (χ3n) is 2.00. The molecule has 0 radical (unpaired) electrons. The second-order valence-corrected chi connectivity index (χ2v) is 11.4. The summed E-state index contributed by atoms with van der Waals surface area (Å²) < 4.78 is 13.9. The van der Waals surface area contributed by atoms with Crippen molar-refractivity contribution in [1.29, 1.82) is 0 Å². The Labute approximate surface area is 110 Å². The molecule has 0 fully saturated rings. The third kappa shape index (κ3) is 5.03. The fraction of sp³-hybridized carbons (Fsp3) is 0.600. The zero-order valence-electron chi connectivity index (χ0n) is 10.9. The van der Waals surface area contributed by atoms with Crippen LogP contribution in [0.25, 0.3) is 0 Å². The normalized spacial score (nSPS) is 12.3. The fourth-order valence-electron chi connectivity index (χ4n) is 1.18. The molecule has 18 heavy (non-hydrogen) atoms. The van der Waals surface area contributed by atoms with Crippen molar-refractivity contribution in [2.24, 2.45) is 0 Å². The van der Waals surface area contributed by atoms with Crippen molar-refractivity contribution in [2.75, 3.05) is 0 Å².